The van der Waals surface area contributed by atoms with Crippen LogP contribution in [0.3, 0.4) is 0 Å². The van der Waals surface area contributed by atoms with Crippen LogP contribution < -0.4 is 14.8 Å². The summed E-state index contributed by atoms with van der Waals surface area (Å²) in [5.41, 5.74) is 0.858. The predicted molar refractivity (Wildman–Crippen MR) is 88.6 cm³/mol. The molecule has 1 N–H and O–H groups in total. The molecule has 2 heterocycles. The van der Waals surface area contributed by atoms with Gasteiger partial charge in [0.25, 0.3) is 5.91 Å². The maximum absolute atomic E-state index is 12.1. The summed E-state index contributed by atoms with van der Waals surface area (Å²) in [7, 11) is 0. The Hall–Kier alpha value is -2.25. The Balaban J connectivity index is 1.52. The van der Waals surface area contributed by atoms with E-state index in [9.17, 15) is 9.59 Å². The van der Waals surface area contributed by atoms with Gasteiger partial charge in [0.1, 0.15) is 4.88 Å². The summed E-state index contributed by atoms with van der Waals surface area (Å²) in [6.07, 6.45) is -0.910. The lowest BCUT2D eigenvalue weighted by molar-refractivity contribution is -0.129. The summed E-state index contributed by atoms with van der Waals surface area (Å²) in [5, 5.41) is 2.72. The van der Waals surface area contributed by atoms with Gasteiger partial charge in [-0.3, -0.25) is 4.79 Å². The van der Waals surface area contributed by atoms with E-state index in [0.29, 0.717) is 27.3 Å². The van der Waals surface area contributed by atoms with Crippen LogP contribution in [0.1, 0.15) is 22.2 Å². The van der Waals surface area contributed by atoms with Gasteiger partial charge in [-0.2, -0.15) is 0 Å². The van der Waals surface area contributed by atoms with Crippen LogP contribution in [-0.4, -0.2) is 24.8 Å². The highest BCUT2D eigenvalue weighted by Crippen LogP contribution is 2.32. The van der Waals surface area contributed by atoms with E-state index in [1.807, 2.05) is 6.07 Å². The average Bonchev–Trinajstić information content (AvgIpc) is 3.20. The van der Waals surface area contributed by atoms with Gasteiger partial charge in [0, 0.05) is 6.54 Å². The lowest BCUT2D eigenvalue weighted by Gasteiger charge is -2.13. The minimum Gasteiger partial charge on any atom is -0.454 e. The zero-order valence-corrected chi connectivity index (χ0v) is 14.3. The van der Waals surface area contributed by atoms with Gasteiger partial charge in [0.2, 0.25) is 6.79 Å². The Kier molecular flexibility index (Phi) is 4.92. The first-order valence-corrected chi connectivity index (χ1v) is 8.35. The number of carbonyl (C=O) groups is 2. The Bertz CT molecular complexity index is 776. The molecule has 2 aromatic rings. The number of fused-ring (bicyclic) bond motifs is 1. The van der Waals surface area contributed by atoms with E-state index in [2.05, 4.69) is 5.32 Å². The highest BCUT2D eigenvalue weighted by molar-refractivity contribution is 7.17. The summed E-state index contributed by atoms with van der Waals surface area (Å²) < 4.78 is 16.1. The third-order valence-corrected chi connectivity index (χ3v) is 4.54. The Morgan fingerprint density at radius 2 is 2.08 bits per heavy atom. The molecule has 0 saturated carbocycles. The van der Waals surface area contributed by atoms with E-state index in [1.165, 1.54) is 6.92 Å². The second-order valence-corrected chi connectivity index (χ2v) is 6.77. The van der Waals surface area contributed by atoms with E-state index in [0.717, 1.165) is 16.9 Å². The molecule has 0 fully saturated rings. The molecule has 1 aliphatic rings. The monoisotopic (exact) mass is 367 g/mol. The van der Waals surface area contributed by atoms with Gasteiger partial charge in [-0.15, -0.1) is 11.3 Å². The van der Waals surface area contributed by atoms with Crippen molar-refractivity contribution in [2.24, 2.45) is 0 Å². The van der Waals surface area contributed by atoms with Crippen LogP contribution in [0, 0.1) is 0 Å². The predicted octanol–water partition coefficient (Wildman–Crippen LogP) is 2.99. The van der Waals surface area contributed by atoms with Crippen LogP contribution in [0.25, 0.3) is 0 Å². The molecule has 0 spiro atoms. The Labute approximate surface area is 147 Å². The van der Waals surface area contributed by atoms with Crippen LogP contribution in [0.4, 0.5) is 0 Å². The standard InChI is InChI=1S/C16H14ClNO5S/c1-9(23-16(20)13-4-5-14(17)24-13)15(19)18-7-10-2-3-11-12(6-10)22-8-21-11/h2-6,9H,7-8H2,1H3,(H,18,19). The van der Waals surface area contributed by atoms with Gasteiger partial charge in [-0.05, 0) is 36.8 Å². The molecule has 1 atom stereocenters. The molecule has 0 saturated heterocycles. The molecule has 8 heteroatoms. The maximum Gasteiger partial charge on any atom is 0.349 e. The number of halogens is 1. The van der Waals surface area contributed by atoms with Crippen molar-refractivity contribution in [2.45, 2.75) is 19.6 Å². The largest absolute Gasteiger partial charge is 0.454 e. The molecule has 1 amide bonds. The van der Waals surface area contributed by atoms with E-state index in [4.69, 9.17) is 25.8 Å². The molecular formula is C16H14ClNO5S. The third kappa shape index (κ3) is 3.80. The lowest BCUT2D eigenvalue weighted by atomic mass is 10.2. The van der Waals surface area contributed by atoms with Crippen molar-refractivity contribution in [3.8, 4) is 11.5 Å². The summed E-state index contributed by atoms with van der Waals surface area (Å²) in [6.45, 7) is 2.01. The quantitative estimate of drug-likeness (QED) is 0.822. The highest BCUT2D eigenvalue weighted by atomic mass is 35.5. The summed E-state index contributed by atoms with van der Waals surface area (Å²) in [5.74, 6) is 0.374. The fourth-order valence-electron chi connectivity index (χ4n) is 2.08. The van der Waals surface area contributed by atoms with Crippen molar-refractivity contribution in [2.75, 3.05) is 6.79 Å². The average molecular weight is 368 g/mol. The number of nitrogens with one attached hydrogen (secondary N) is 1. The molecule has 1 aromatic carbocycles. The van der Waals surface area contributed by atoms with Crippen molar-refractivity contribution in [1.29, 1.82) is 0 Å². The van der Waals surface area contributed by atoms with E-state index >= 15 is 0 Å². The molecular weight excluding hydrogens is 354 g/mol. The van der Waals surface area contributed by atoms with Gasteiger partial charge < -0.3 is 19.5 Å². The van der Waals surface area contributed by atoms with Gasteiger partial charge in [-0.1, -0.05) is 17.7 Å². The first-order valence-electron chi connectivity index (χ1n) is 7.15. The number of benzene rings is 1. The Morgan fingerprint density at radius 1 is 1.29 bits per heavy atom. The Morgan fingerprint density at radius 3 is 2.83 bits per heavy atom. The lowest BCUT2D eigenvalue weighted by Crippen LogP contribution is -2.35. The van der Waals surface area contributed by atoms with Gasteiger partial charge in [0.15, 0.2) is 17.6 Å². The van der Waals surface area contributed by atoms with Crippen LogP contribution in [0.15, 0.2) is 30.3 Å². The van der Waals surface area contributed by atoms with Crippen LogP contribution in [0.2, 0.25) is 4.34 Å². The fraction of sp³-hybridized carbons (Fsp3) is 0.250. The van der Waals surface area contributed by atoms with Gasteiger partial charge in [-0.25, -0.2) is 4.79 Å². The number of hydrogen-bond donors (Lipinski definition) is 1. The molecule has 126 valence electrons. The number of amides is 1. The minimum absolute atomic E-state index is 0.199. The van der Waals surface area contributed by atoms with E-state index < -0.39 is 12.1 Å². The number of ether oxygens (including phenoxy) is 3. The molecule has 0 radical (unpaired) electrons. The van der Waals surface area contributed by atoms with Crippen LogP contribution in [-0.2, 0) is 16.1 Å². The number of rotatable bonds is 5. The van der Waals surface area contributed by atoms with Crippen molar-refractivity contribution in [1.82, 2.24) is 5.32 Å². The van der Waals surface area contributed by atoms with E-state index in [1.54, 1.807) is 24.3 Å². The van der Waals surface area contributed by atoms with Gasteiger partial charge in [0.05, 0.1) is 4.34 Å². The minimum atomic E-state index is -0.910. The molecule has 24 heavy (non-hydrogen) atoms. The van der Waals surface area contributed by atoms with Crippen molar-refractivity contribution in [3.05, 3.63) is 45.1 Å². The van der Waals surface area contributed by atoms with Crippen LogP contribution >= 0.6 is 22.9 Å². The summed E-state index contributed by atoms with van der Waals surface area (Å²) in [6, 6.07) is 8.58. The van der Waals surface area contributed by atoms with E-state index in [-0.39, 0.29) is 12.7 Å². The maximum atomic E-state index is 12.1. The molecule has 0 bridgehead atoms. The molecule has 1 unspecified atom stereocenters. The third-order valence-electron chi connectivity index (χ3n) is 3.33. The number of carbonyl (C=O) groups excluding carboxylic acids is 2. The zero-order chi connectivity index (χ0) is 17.1. The number of thiophene rings is 1. The molecule has 6 nitrogen and oxygen atoms in total. The van der Waals surface area contributed by atoms with Crippen LogP contribution in [0.5, 0.6) is 11.5 Å². The number of hydrogen-bond acceptors (Lipinski definition) is 6. The zero-order valence-electron chi connectivity index (χ0n) is 12.7. The highest BCUT2D eigenvalue weighted by Gasteiger charge is 2.20. The normalized spacial score (nSPS) is 13.4. The second kappa shape index (κ2) is 7.11. The SMILES string of the molecule is CC(OC(=O)c1ccc(Cl)s1)C(=O)NCc1ccc2c(c1)OCO2. The molecule has 1 aliphatic heterocycles. The molecule has 1 aromatic heterocycles. The summed E-state index contributed by atoms with van der Waals surface area (Å²) in [4.78, 5) is 24.3. The van der Waals surface area contributed by atoms with Crippen molar-refractivity contribution < 1.29 is 23.8 Å². The first-order chi connectivity index (χ1) is 11.5. The van der Waals surface area contributed by atoms with Crippen molar-refractivity contribution >= 4 is 34.8 Å². The van der Waals surface area contributed by atoms with Gasteiger partial charge >= 0.3 is 5.97 Å². The fourth-order valence-corrected chi connectivity index (χ4v) is 3.01. The smallest absolute Gasteiger partial charge is 0.349 e. The molecule has 0 aliphatic carbocycles. The second-order valence-electron chi connectivity index (χ2n) is 5.06. The summed E-state index contributed by atoms with van der Waals surface area (Å²) >= 11 is 6.88. The molecule has 3 rings (SSSR count). The van der Waals surface area contributed by atoms with Crippen molar-refractivity contribution in [3.63, 3.8) is 0 Å². The number of esters is 1. The first kappa shape index (κ1) is 16.6. The topological polar surface area (TPSA) is 73.9 Å².